The van der Waals surface area contributed by atoms with Crippen LogP contribution >= 0.6 is 0 Å². The highest BCUT2D eigenvalue weighted by Crippen LogP contribution is 2.49. The van der Waals surface area contributed by atoms with Crippen LogP contribution in [0.2, 0.25) is 0 Å². The summed E-state index contributed by atoms with van der Waals surface area (Å²) >= 11 is 0. The molecular formula is C13H22N4. The minimum Gasteiger partial charge on any atom is -0.369 e. The lowest BCUT2D eigenvalue weighted by Gasteiger charge is -2.16. The molecule has 1 aliphatic carbocycles. The SMILES string of the molecule is CCCC1(CNc2ccnc(N(C)C)n2)CC1. The summed E-state index contributed by atoms with van der Waals surface area (Å²) in [5, 5.41) is 3.45. The third kappa shape index (κ3) is 3.08. The molecular weight excluding hydrogens is 212 g/mol. The highest BCUT2D eigenvalue weighted by molar-refractivity contribution is 5.40. The molecule has 0 unspecified atom stereocenters. The van der Waals surface area contributed by atoms with Crippen LogP contribution in [0.15, 0.2) is 12.3 Å². The molecule has 1 N–H and O–H groups in total. The topological polar surface area (TPSA) is 41.1 Å². The Morgan fingerprint density at radius 3 is 2.76 bits per heavy atom. The minimum atomic E-state index is 0.554. The molecule has 1 fully saturated rings. The van der Waals surface area contributed by atoms with Crippen LogP contribution in [0.25, 0.3) is 0 Å². The number of nitrogens with one attached hydrogen (secondary N) is 1. The molecule has 0 aromatic carbocycles. The highest BCUT2D eigenvalue weighted by Gasteiger charge is 2.41. The average Bonchev–Trinajstić information content (AvgIpc) is 3.08. The van der Waals surface area contributed by atoms with Gasteiger partial charge in [0.2, 0.25) is 5.95 Å². The van der Waals surface area contributed by atoms with Crippen LogP contribution in [0.1, 0.15) is 32.6 Å². The van der Waals surface area contributed by atoms with Gasteiger partial charge in [-0.2, -0.15) is 4.98 Å². The molecule has 1 aliphatic rings. The number of hydrogen-bond acceptors (Lipinski definition) is 4. The molecule has 0 spiro atoms. The van der Waals surface area contributed by atoms with E-state index in [0.717, 1.165) is 18.3 Å². The zero-order valence-electron chi connectivity index (χ0n) is 11.0. The molecule has 0 atom stereocenters. The van der Waals surface area contributed by atoms with E-state index in [9.17, 15) is 0 Å². The Kier molecular flexibility index (Phi) is 3.50. The van der Waals surface area contributed by atoms with Gasteiger partial charge in [0, 0.05) is 26.8 Å². The molecule has 2 rings (SSSR count). The second-order valence-electron chi connectivity index (χ2n) is 5.24. The maximum atomic E-state index is 4.47. The van der Waals surface area contributed by atoms with Gasteiger partial charge in [-0.1, -0.05) is 13.3 Å². The fraction of sp³-hybridized carbons (Fsp3) is 0.692. The molecule has 1 heterocycles. The van der Waals surface area contributed by atoms with Crippen LogP contribution in [-0.2, 0) is 0 Å². The van der Waals surface area contributed by atoms with Crippen molar-refractivity contribution in [1.82, 2.24) is 9.97 Å². The molecule has 1 saturated carbocycles. The third-order valence-electron chi connectivity index (χ3n) is 3.42. The van der Waals surface area contributed by atoms with Crippen LogP contribution < -0.4 is 10.2 Å². The number of hydrogen-bond donors (Lipinski definition) is 1. The predicted octanol–water partition coefficient (Wildman–Crippen LogP) is 2.53. The lowest BCUT2D eigenvalue weighted by molar-refractivity contribution is 0.485. The van der Waals surface area contributed by atoms with Gasteiger partial charge in [-0.3, -0.25) is 0 Å². The van der Waals surface area contributed by atoms with Crippen molar-refractivity contribution >= 4 is 11.8 Å². The van der Waals surface area contributed by atoms with E-state index in [4.69, 9.17) is 0 Å². The van der Waals surface area contributed by atoms with Gasteiger partial charge in [0.1, 0.15) is 5.82 Å². The summed E-state index contributed by atoms with van der Waals surface area (Å²) in [7, 11) is 3.91. The van der Waals surface area contributed by atoms with E-state index in [-0.39, 0.29) is 0 Å². The Labute approximate surface area is 103 Å². The highest BCUT2D eigenvalue weighted by atomic mass is 15.2. The first-order valence-corrected chi connectivity index (χ1v) is 6.39. The largest absolute Gasteiger partial charge is 0.369 e. The molecule has 0 aliphatic heterocycles. The molecule has 0 radical (unpaired) electrons. The molecule has 17 heavy (non-hydrogen) atoms. The number of nitrogens with zero attached hydrogens (tertiary/aromatic N) is 3. The summed E-state index contributed by atoms with van der Waals surface area (Å²) in [6.45, 7) is 3.31. The maximum Gasteiger partial charge on any atom is 0.226 e. The quantitative estimate of drug-likeness (QED) is 0.821. The van der Waals surface area contributed by atoms with E-state index in [0.29, 0.717) is 5.41 Å². The standard InChI is InChI=1S/C13H22N4/c1-4-6-13(7-8-13)10-15-11-5-9-14-12(16-11)17(2)3/h5,9H,4,6-8,10H2,1-3H3,(H,14,15,16). The summed E-state index contributed by atoms with van der Waals surface area (Å²) in [6.07, 6.45) is 7.13. The Morgan fingerprint density at radius 2 is 2.18 bits per heavy atom. The Balaban J connectivity index is 1.93. The molecule has 0 amide bonds. The normalized spacial score (nSPS) is 16.6. The van der Waals surface area contributed by atoms with Crippen molar-refractivity contribution < 1.29 is 0 Å². The summed E-state index contributed by atoms with van der Waals surface area (Å²) in [5.41, 5.74) is 0.554. The molecule has 4 heteroatoms. The summed E-state index contributed by atoms with van der Waals surface area (Å²) in [6, 6.07) is 1.94. The second-order valence-corrected chi connectivity index (χ2v) is 5.24. The Morgan fingerprint density at radius 1 is 1.41 bits per heavy atom. The van der Waals surface area contributed by atoms with Gasteiger partial charge in [0.05, 0.1) is 0 Å². The van der Waals surface area contributed by atoms with E-state index in [1.807, 2.05) is 31.3 Å². The van der Waals surface area contributed by atoms with Crippen LogP contribution in [0.3, 0.4) is 0 Å². The first-order chi connectivity index (χ1) is 8.15. The molecule has 0 bridgehead atoms. The van der Waals surface area contributed by atoms with Crippen molar-refractivity contribution in [3.63, 3.8) is 0 Å². The summed E-state index contributed by atoms with van der Waals surface area (Å²) in [4.78, 5) is 10.6. The lowest BCUT2D eigenvalue weighted by atomic mass is 10.0. The minimum absolute atomic E-state index is 0.554. The van der Waals surface area contributed by atoms with Crippen LogP contribution in [0, 0.1) is 5.41 Å². The smallest absolute Gasteiger partial charge is 0.226 e. The predicted molar refractivity (Wildman–Crippen MR) is 71.4 cm³/mol. The van der Waals surface area contributed by atoms with Gasteiger partial charge in [-0.25, -0.2) is 4.98 Å². The third-order valence-corrected chi connectivity index (χ3v) is 3.42. The van der Waals surface area contributed by atoms with E-state index < -0.39 is 0 Å². The van der Waals surface area contributed by atoms with E-state index in [1.165, 1.54) is 25.7 Å². The average molecular weight is 234 g/mol. The van der Waals surface area contributed by atoms with E-state index in [1.54, 1.807) is 0 Å². The van der Waals surface area contributed by atoms with Gasteiger partial charge in [0.15, 0.2) is 0 Å². The number of anilines is 2. The van der Waals surface area contributed by atoms with Gasteiger partial charge < -0.3 is 10.2 Å². The van der Waals surface area contributed by atoms with Crippen molar-refractivity contribution in [2.45, 2.75) is 32.6 Å². The first kappa shape index (κ1) is 12.1. The summed E-state index contributed by atoms with van der Waals surface area (Å²) in [5.74, 6) is 1.70. The van der Waals surface area contributed by atoms with Crippen LogP contribution in [-0.4, -0.2) is 30.6 Å². The van der Waals surface area contributed by atoms with Crippen molar-refractivity contribution in [2.24, 2.45) is 5.41 Å². The maximum absolute atomic E-state index is 4.47. The molecule has 94 valence electrons. The van der Waals surface area contributed by atoms with Crippen LogP contribution in [0.4, 0.5) is 11.8 Å². The fourth-order valence-electron chi connectivity index (χ4n) is 2.16. The molecule has 0 saturated heterocycles. The zero-order valence-corrected chi connectivity index (χ0v) is 11.0. The van der Waals surface area contributed by atoms with Gasteiger partial charge in [-0.15, -0.1) is 0 Å². The van der Waals surface area contributed by atoms with Crippen molar-refractivity contribution in [3.8, 4) is 0 Å². The Bertz CT molecular complexity index is 371. The van der Waals surface area contributed by atoms with Gasteiger partial charge in [-0.05, 0) is 30.7 Å². The van der Waals surface area contributed by atoms with E-state index in [2.05, 4.69) is 22.2 Å². The van der Waals surface area contributed by atoms with Crippen LogP contribution in [0.5, 0.6) is 0 Å². The first-order valence-electron chi connectivity index (χ1n) is 6.39. The van der Waals surface area contributed by atoms with Crippen molar-refractivity contribution in [3.05, 3.63) is 12.3 Å². The lowest BCUT2D eigenvalue weighted by Crippen LogP contribution is -2.18. The monoisotopic (exact) mass is 234 g/mol. The molecule has 4 nitrogen and oxygen atoms in total. The van der Waals surface area contributed by atoms with Gasteiger partial charge >= 0.3 is 0 Å². The fourth-order valence-corrected chi connectivity index (χ4v) is 2.16. The molecule has 1 aromatic heterocycles. The summed E-state index contributed by atoms with van der Waals surface area (Å²) < 4.78 is 0. The zero-order chi connectivity index (χ0) is 12.3. The Hall–Kier alpha value is -1.32. The van der Waals surface area contributed by atoms with Crippen molar-refractivity contribution in [1.29, 1.82) is 0 Å². The van der Waals surface area contributed by atoms with E-state index >= 15 is 0 Å². The molecule has 1 aromatic rings. The number of rotatable bonds is 6. The van der Waals surface area contributed by atoms with Crippen molar-refractivity contribution in [2.75, 3.05) is 30.9 Å². The second kappa shape index (κ2) is 4.90. The van der Waals surface area contributed by atoms with Gasteiger partial charge in [0.25, 0.3) is 0 Å². The number of aromatic nitrogens is 2.